The molecule has 1 amide bonds. The van der Waals surface area contributed by atoms with E-state index in [-0.39, 0.29) is 5.91 Å². The summed E-state index contributed by atoms with van der Waals surface area (Å²) in [6, 6.07) is 5.65. The Hall–Kier alpha value is -2.01. The lowest BCUT2D eigenvalue weighted by Crippen LogP contribution is -2.37. The van der Waals surface area contributed by atoms with Crippen LogP contribution in [0.3, 0.4) is 0 Å². The molecule has 0 bridgehead atoms. The third-order valence-electron chi connectivity index (χ3n) is 5.32. The molecule has 1 saturated heterocycles. The summed E-state index contributed by atoms with van der Waals surface area (Å²) in [5, 5.41) is 3.02. The van der Waals surface area contributed by atoms with Crippen LogP contribution in [0.25, 0.3) is 0 Å². The third-order valence-corrected chi connectivity index (χ3v) is 5.32. The van der Waals surface area contributed by atoms with Gasteiger partial charge in [-0.1, -0.05) is 11.6 Å². The Morgan fingerprint density at radius 2 is 2.15 bits per heavy atom. The predicted octanol–water partition coefficient (Wildman–Crippen LogP) is 3.78. The zero-order valence-electron chi connectivity index (χ0n) is 17.2. The smallest absolute Gasteiger partial charge is 0.220 e. The first kappa shape index (κ1) is 21.3. The number of allylic oxidation sites excluding steroid dienone is 1. The van der Waals surface area contributed by atoms with Crippen molar-refractivity contribution in [1.29, 1.82) is 0 Å². The first-order valence-corrected chi connectivity index (χ1v) is 9.87. The van der Waals surface area contributed by atoms with Gasteiger partial charge in [0.25, 0.3) is 0 Å². The molecule has 5 nitrogen and oxygen atoms in total. The molecule has 1 unspecified atom stereocenters. The number of hydrogen-bond donors (Lipinski definition) is 1. The van der Waals surface area contributed by atoms with Crippen molar-refractivity contribution in [1.82, 2.24) is 10.2 Å². The highest BCUT2D eigenvalue weighted by molar-refractivity contribution is 5.75. The van der Waals surface area contributed by atoms with E-state index in [2.05, 4.69) is 30.1 Å². The Labute approximate surface area is 163 Å². The number of likely N-dealkylation sites (tertiary alicyclic amines) is 1. The quantitative estimate of drug-likeness (QED) is 0.669. The molecule has 1 aromatic rings. The van der Waals surface area contributed by atoms with Gasteiger partial charge in [-0.25, -0.2) is 0 Å². The fourth-order valence-electron chi connectivity index (χ4n) is 3.59. The molecule has 0 aromatic heterocycles. The van der Waals surface area contributed by atoms with Crippen molar-refractivity contribution in [2.45, 2.75) is 46.1 Å². The van der Waals surface area contributed by atoms with Gasteiger partial charge in [0.05, 0.1) is 14.2 Å². The summed E-state index contributed by atoms with van der Waals surface area (Å²) in [5.74, 6) is 2.20. The van der Waals surface area contributed by atoms with E-state index in [1.807, 2.05) is 18.2 Å². The van der Waals surface area contributed by atoms with Crippen LogP contribution in [0.2, 0.25) is 0 Å². The molecule has 5 heteroatoms. The van der Waals surface area contributed by atoms with Crippen LogP contribution in [0.5, 0.6) is 11.5 Å². The summed E-state index contributed by atoms with van der Waals surface area (Å²) in [7, 11) is 3.26. The molecule has 0 saturated carbocycles. The fraction of sp³-hybridized carbons (Fsp3) is 0.591. The number of methoxy groups -OCH3 is 2. The maximum atomic E-state index is 12.3. The molecule has 1 atom stereocenters. The normalized spacial score (nSPS) is 18.2. The minimum atomic E-state index is 0.106. The minimum absolute atomic E-state index is 0.106. The monoisotopic (exact) mass is 374 g/mol. The zero-order valence-corrected chi connectivity index (χ0v) is 17.2. The lowest BCUT2D eigenvalue weighted by Gasteiger charge is -2.32. The van der Waals surface area contributed by atoms with Crippen LogP contribution in [0, 0.1) is 5.92 Å². The molecule has 1 aliphatic heterocycles. The van der Waals surface area contributed by atoms with Crippen molar-refractivity contribution < 1.29 is 14.3 Å². The summed E-state index contributed by atoms with van der Waals surface area (Å²) < 4.78 is 10.6. The molecule has 1 heterocycles. The first-order valence-electron chi connectivity index (χ1n) is 9.87. The number of piperidine rings is 1. The second kappa shape index (κ2) is 11.0. The van der Waals surface area contributed by atoms with Gasteiger partial charge >= 0.3 is 0 Å². The van der Waals surface area contributed by atoms with Crippen LogP contribution in [0.4, 0.5) is 0 Å². The highest BCUT2D eigenvalue weighted by atomic mass is 16.5. The van der Waals surface area contributed by atoms with Crippen molar-refractivity contribution in [3.05, 3.63) is 35.4 Å². The molecule has 1 fully saturated rings. The molecule has 0 aliphatic carbocycles. The van der Waals surface area contributed by atoms with Crippen molar-refractivity contribution in [3.63, 3.8) is 0 Å². The molecule has 27 heavy (non-hydrogen) atoms. The Bertz CT molecular complexity index is 642. The Morgan fingerprint density at radius 3 is 2.85 bits per heavy atom. The van der Waals surface area contributed by atoms with Crippen LogP contribution >= 0.6 is 0 Å². The highest BCUT2D eigenvalue weighted by Crippen LogP contribution is 2.25. The van der Waals surface area contributed by atoms with E-state index in [0.717, 1.165) is 36.6 Å². The van der Waals surface area contributed by atoms with Gasteiger partial charge in [-0.15, -0.1) is 0 Å². The highest BCUT2D eigenvalue weighted by Gasteiger charge is 2.20. The second-order valence-corrected chi connectivity index (χ2v) is 7.37. The Kier molecular flexibility index (Phi) is 8.65. The molecule has 150 valence electrons. The van der Waals surface area contributed by atoms with Crippen molar-refractivity contribution in [2.24, 2.45) is 5.92 Å². The predicted molar refractivity (Wildman–Crippen MR) is 109 cm³/mol. The van der Waals surface area contributed by atoms with Gasteiger partial charge in [-0.3, -0.25) is 9.69 Å². The van der Waals surface area contributed by atoms with Crippen molar-refractivity contribution in [2.75, 3.05) is 33.9 Å². The average molecular weight is 375 g/mol. The van der Waals surface area contributed by atoms with E-state index in [9.17, 15) is 4.79 Å². The topological polar surface area (TPSA) is 50.8 Å². The summed E-state index contributed by atoms with van der Waals surface area (Å²) in [6.07, 6.45) is 6.18. The van der Waals surface area contributed by atoms with E-state index in [1.165, 1.54) is 25.0 Å². The molecule has 0 radical (unpaired) electrons. The zero-order chi connectivity index (χ0) is 19.6. The standard InChI is InChI=1S/C22H34N2O3/c1-5-17(2)15-24-12-6-7-18(16-24)8-11-22(25)23-14-19-9-10-20(26-3)13-21(19)27-4/h5,9-10,13,18H,6-8,11-12,14-16H2,1-4H3,(H,23,25)/b17-5+. The summed E-state index contributed by atoms with van der Waals surface area (Å²) in [5.41, 5.74) is 2.37. The number of benzene rings is 1. The fourth-order valence-corrected chi connectivity index (χ4v) is 3.59. The van der Waals surface area contributed by atoms with E-state index in [1.54, 1.807) is 14.2 Å². The lowest BCUT2D eigenvalue weighted by molar-refractivity contribution is -0.121. The number of ether oxygens (including phenoxy) is 2. The minimum Gasteiger partial charge on any atom is -0.497 e. The number of nitrogens with zero attached hydrogens (tertiary/aromatic N) is 1. The van der Waals surface area contributed by atoms with Gasteiger partial charge in [0.1, 0.15) is 11.5 Å². The third kappa shape index (κ3) is 6.90. The van der Waals surface area contributed by atoms with Gasteiger partial charge in [0.2, 0.25) is 5.91 Å². The van der Waals surface area contributed by atoms with Gasteiger partial charge in [0.15, 0.2) is 0 Å². The summed E-state index contributed by atoms with van der Waals surface area (Å²) >= 11 is 0. The molecular formula is C22H34N2O3. The van der Waals surface area contributed by atoms with E-state index in [0.29, 0.717) is 18.9 Å². The van der Waals surface area contributed by atoms with Gasteiger partial charge in [0, 0.05) is 37.7 Å². The number of hydrogen-bond acceptors (Lipinski definition) is 4. The van der Waals surface area contributed by atoms with Crippen LogP contribution in [-0.4, -0.2) is 44.7 Å². The molecule has 2 rings (SSSR count). The van der Waals surface area contributed by atoms with E-state index >= 15 is 0 Å². The Morgan fingerprint density at radius 1 is 1.33 bits per heavy atom. The molecule has 0 spiro atoms. The molecular weight excluding hydrogens is 340 g/mol. The summed E-state index contributed by atoms with van der Waals surface area (Å²) in [6.45, 7) is 8.08. The Balaban J connectivity index is 1.76. The van der Waals surface area contributed by atoms with Crippen molar-refractivity contribution in [3.8, 4) is 11.5 Å². The maximum Gasteiger partial charge on any atom is 0.220 e. The average Bonchev–Trinajstić information content (AvgIpc) is 2.70. The maximum absolute atomic E-state index is 12.3. The number of rotatable bonds is 9. The largest absolute Gasteiger partial charge is 0.497 e. The van der Waals surface area contributed by atoms with Crippen LogP contribution in [-0.2, 0) is 11.3 Å². The summed E-state index contributed by atoms with van der Waals surface area (Å²) in [4.78, 5) is 14.8. The first-order chi connectivity index (χ1) is 13.0. The van der Waals surface area contributed by atoms with Crippen LogP contribution in [0.1, 0.15) is 45.1 Å². The molecule has 1 aliphatic rings. The second-order valence-electron chi connectivity index (χ2n) is 7.37. The van der Waals surface area contributed by atoms with E-state index in [4.69, 9.17) is 9.47 Å². The molecule has 1 aromatic carbocycles. The number of amides is 1. The SMILES string of the molecule is C/C=C(\C)CN1CCCC(CCC(=O)NCc2ccc(OC)cc2OC)C1. The number of carbonyl (C=O) groups excluding carboxylic acids is 1. The van der Waals surface area contributed by atoms with Gasteiger partial charge in [-0.05, 0) is 57.7 Å². The van der Waals surface area contributed by atoms with Gasteiger partial charge in [-0.2, -0.15) is 0 Å². The van der Waals surface area contributed by atoms with Crippen molar-refractivity contribution >= 4 is 5.91 Å². The lowest BCUT2D eigenvalue weighted by atomic mass is 9.93. The van der Waals surface area contributed by atoms with Crippen LogP contribution < -0.4 is 14.8 Å². The van der Waals surface area contributed by atoms with Gasteiger partial charge < -0.3 is 14.8 Å². The molecule has 1 N–H and O–H groups in total. The number of carbonyl (C=O) groups is 1. The van der Waals surface area contributed by atoms with Crippen LogP contribution in [0.15, 0.2) is 29.8 Å². The van der Waals surface area contributed by atoms with E-state index < -0.39 is 0 Å². The number of nitrogens with one attached hydrogen (secondary N) is 1.